The van der Waals surface area contributed by atoms with Gasteiger partial charge < -0.3 is 15.2 Å². The van der Waals surface area contributed by atoms with Crippen molar-refractivity contribution in [3.05, 3.63) is 29.9 Å². The van der Waals surface area contributed by atoms with Gasteiger partial charge in [0.25, 0.3) is 0 Å². The van der Waals surface area contributed by atoms with Crippen LogP contribution in [0.1, 0.15) is 11.3 Å². The summed E-state index contributed by atoms with van der Waals surface area (Å²) in [5.41, 5.74) is 1.82. The highest BCUT2D eigenvalue weighted by Gasteiger charge is 2.05. The lowest BCUT2D eigenvalue weighted by Crippen LogP contribution is -2.06. The third-order valence-electron chi connectivity index (χ3n) is 2.25. The van der Waals surface area contributed by atoms with Gasteiger partial charge in [-0.2, -0.15) is 0 Å². The Kier molecular flexibility index (Phi) is 3.00. The van der Waals surface area contributed by atoms with Crippen LogP contribution in [-0.2, 0) is 6.54 Å². The van der Waals surface area contributed by atoms with E-state index in [0.717, 1.165) is 22.9 Å². The zero-order valence-corrected chi connectivity index (χ0v) is 9.19. The maximum absolute atomic E-state index is 4.74. The van der Waals surface area contributed by atoms with Crippen LogP contribution >= 0.6 is 0 Å². The fourth-order valence-electron chi connectivity index (χ4n) is 1.38. The zero-order valence-electron chi connectivity index (χ0n) is 9.19. The van der Waals surface area contributed by atoms with Gasteiger partial charge in [0.15, 0.2) is 0 Å². The topological polar surface area (TPSA) is 75.9 Å². The smallest absolute Gasteiger partial charge is 0.134 e. The van der Waals surface area contributed by atoms with E-state index in [0.29, 0.717) is 6.54 Å². The first-order valence-electron chi connectivity index (χ1n) is 4.93. The van der Waals surface area contributed by atoms with Crippen LogP contribution in [0.25, 0.3) is 0 Å². The predicted molar refractivity (Wildman–Crippen MR) is 60.1 cm³/mol. The lowest BCUT2D eigenvalue weighted by Gasteiger charge is -2.09. The number of nitrogens with zero attached hydrogens (tertiary/aromatic N) is 3. The second-order valence-electron chi connectivity index (χ2n) is 3.29. The molecule has 0 saturated heterocycles. The van der Waals surface area contributed by atoms with Crippen molar-refractivity contribution in [1.82, 2.24) is 15.1 Å². The van der Waals surface area contributed by atoms with Crippen molar-refractivity contribution in [2.75, 3.05) is 17.7 Å². The fraction of sp³-hybridized carbons (Fsp3) is 0.300. The van der Waals surface area contributed by atoms with E-state index in [4.69, 9.17) is 4.52 Å². The van der Waals surface area contributed by atoms with Gasteiger partial charge in [-0.1, -0.05) is 5.16 Å². The predicted octanol–water partition coefficient (Wildman–Crippen LogP) is 1.43. The first-order chi connectivity index (χ1) is 7.81. The van der Waals surface area contributed by atoms with Gasteiger partial charge in [0.2, 0.25) is 0 Å². The Morgan fingerprint density at radius 2 is 2.12 bits per heavy atom. The molecule has 0 bridgehead atoms. The van der Waals surface area contributed by atoms with Crippen molar-refractivity contribution in [1.29, 1.82) is 0 Å². The SMILES string of the molecule is CNc1ncnc(NCc2ccon2)c1C. The Labute approximate surface area is 93.1 Å². The third kappa shape index (κ3) is 2.10. The van der Waals surface area contributed by atoms with Crippen molar-refractivity contribution in [3.63, 3.8) is 0 Å². The van der Waals surface area contributed by atoms with Crippen LogP contribution in [0.3, 0.4) is 0 Å². The zero-order chi connectivity index (χ0) is 11.4. The van der Waals surface area contributed by atoms with Crippen LogP contribution in [0.4, 0.5) is 11.6 Å². The summed E-state index contributed by atoms with van der Waals surface area (Å²) in [5.74, 6) is 1.61. The standard InChI is InChI=1S/C10H13N5O/c1-7-9(11-2)13-6-14-10(7)12-5-8-3-4-16-15-8/h3-4,6H,5H2,1-2H3,(H2,11,12,13,14). The van der Waals surface area contributed by atoms with Gasteiger partial charge >= 0.3 is 0 Å². The third-order valence-corrected chi connectivity index (χ3v) is 2.25. The van der Waals surface area contributed by atoms with E-state index >= 15 is 0 Å². The maximum Gasteiger partial charge on any atom is 0.134 e. The highest BCUT2D eigenvalue weighted by molar-refractivity contribution is 5.56. The van der Waals surface area contributed by atoms with Crippen molar-refractivity contribution in [3.8, 4) is 0 Å². The molecule has 2 aromatic heterocycles. The van der Waals surface area contributed by atoms with E-state index in [-0.39, 0.29) is 0 Å². The van der Waals surface area contributed by atoms with Crippen LogP contribution < -0.4 is 10.6 Å². The molecule has 2 N–H and O–H groups in total. The lowest BCUT2D eigenvalue weighted by molar-refractivity contribution is 0.412. The molecule has 6 heteroatoms. The van der Waals surface area contributed by atoms with Gasteiger partial charge in [0.1, 0.15) is 29.9 Å². The highest BCUT2D eigenvalue weighted by atomic mass is 16.5. The number of aromatic nitrogens is 3. The van der Waals surface area contributed by atoms with E-state index in [1.807, 2.05) is 20.0 Å². The van der Waals surface area contributed by atoms with Crippen LogP contribution in [0, 0.1) is 6.92 Å². The van der Waals surface area contributed by atoms with Gasteiger partial charge in [0.05, 0.1) is 6.54 Å². The van der Waals surface area contributed by atoms with Gasteiger partial charge in [-0.05, 0) is 6.92 Å². The van der Waals surface area contributed by atoms with Gasteiger partial charge in [-0.15, -0.1) is 0 Å². The van der Waals surface area contributed by atoms with E-state index in [1.165, 1.54) is 6.33 Å². The molecule has 0 amide bonds. The summed E-state index contributed by atoms with van der Waals surface area (Å²) < 4.78 is 4.74. The first-order valence-corrected chi connectivity index (χ1v) is 4.93. The van der Waals surface area contributed by atoms with Gasteiger partial charge in [-0.3, -0.25) is 0 Å². The molecule has 0 saturated carbocycles. The summed E-state index contributed by atoms with van der Waals surface area (Å²) >= 11 is 0. The van der Waals surface area contributed by atoms with Gasteiger partial charge in [0, 0.05) is 18.7 Å². The molecule has 0 aromatic carbocycles. The van der Waals surface area contributed by atoms with E-state index in [1.54, 1.807) is 6.26 Å². The second kappa shape index (κ2) is 4.61. The Hall–Kier alpha value is -2.11. The Morgan fingerprint density at radius 1 is 1.31 bits per heavy atom. The molecule has 2 rings (SSSR count). The minimum atomic E-state index is 0.581. The molecule has 16 heavy (non-hydrogen) atoms. The minimum Gasteiger partial charge on any atom is -0.373 e. The molecule has 0 fully saturated rings. The Bertz CT molecular complexity index is 454. The molecule has 0 aliphatic rings. The fourth-order valence-corrected chi connectivity index (χ4v) is 1.38. The largest absolute Gasteiger partial charge is 0.373 e. The summed E-state index contributed by atoms with van der Waals surface area (Å²) in [4.78, 5) is 8.27. The molecule has 0 atom stereocenters. The lowest BCUT2D eigenvalue weighted by atomic mass is 10.3. The molecular weight excluding hydrogens is 206 g/mol. The molecule has 2 aromatic rings. The van der Waals surface area contributed by atoms with Crippen LogP contribution in [0.15, 0.2) is 23.2 Å². The Balaban J connectivity index is 2.09. The number of anilines is 2. The van der Waals surface area contributed by atoms with Crippen molar-refractivity contribution in [2.24, 2.45) is 0 Å². The molecule has 0 aliphatic heterocycles. The van der Waals surface area contributed by atoms with E-state index in [2.05, 4.69) is 25.8 Å². The summed E-state index contributed by atoms with van der Waals surface area (Å²) in [6, 6.07) is 1.81. The monoisotopic (exact) mass is 219 g/mol. The van der Waals surface area contributed by atoms with Crippen molar-refractivity contribution in [2.45, 2.75) is 13.5 Å². The molecule has 2 heterocycles. The summed E-state index contributed by atoms with van der Waals surface area (Å²) in [7, 11) is 1.83. The van der Waals surface area contributed by atoms with Crippen LogP contribution in [0.5, 0.6) is 0 Å². The number of rotatable bonds is 4. The van der Waals surface area contributed by atoms with Crippen LogP contribution in [0.2, 0.25) is 0 Å². The number of nitrogens with one attached hydrogen (secondary N) is 2. The van der Waals surface area contributed by atoms with E-state index < -0.39 is 0 Å². The minimum absolute atomic E-state index is 0.581. The molecular formula is C10H13N5O. The first kappa shape index (κ1) is 10.4. The quantitative estimate of drug-likeness (QED) is 0.810. The molecule has 0 radical (unpaired) electrons. The maximum atomic E-state index is 4.74. The molecule has 0 unspecified atom stereocenters. The van der Waals surface area contributed by atoms with Crippen molar-refractivity contribution >= 4 is 11.6 Å². The number of hydrogen-bond acceptors (Lipinski definition) is 6. The van der Waals surface area contributed by atoms with E-state index in [9.17, 15) is 0 Å². The summed E-state index contributed by atoms with van der Waals surface area (Å²) in [5, 5.41) is 9.99. The van der Waals surface area contributed by atoms with Gasteiger partial charge in [-0.25, -0.2) is 9.97 Å². The molecule has 0 spiro atoms. The molecule has 6 nitrogen and oxygen atoms in total. The molecule has 84 valence electrons. The Morgan fingerprint density at radius 3 is 2.81 bits per heavy atom. The summed E-state index contributed by atoms with van der Waals surface area (Å²) in [6.07, 6.45) is 3.06. The second-order valence-corrected chi connectivity index (χ2v) is 3.29. The highest BCUT2D eigenvalue weighted by Crippen LogP contribution is 2.17. The average Bonchev–Trinajstić information content (AvgIpc) is 2.81. The van der Waals surface area contributed by atoms with Crippen LogP contribution in [-0.4, -0.2) is 22.2 Å². The molecule has 0 aliphatic carbocycles. The normalized spacial score (nSPS) is 10.1. The number of hydrogen-bond donors (Lipinski definition) is 2. The van der Waals surface area contributed by atoms with Crippen molar-refractivity contribution < 1.29 is 4.52 Å². The average molecular weight is 219 g/mol. The summed E-state index contributed by atoms with van der Waals surface area (Å²) in [6.45, 7) is 2.54.